The lowest BCUT2D eigenvalue weighted by Gasteiger charge is -2.10. The molecular weight excluding hydrogens is 390 g/mol. The van der Waals surface area contributed by atoms with Crippen molar-refractivity contribution in [3.63, 3.8) is 0 Å². The van der Waals surface area contributed by atoms with Gasteiger partial charge in [0.2, 0.25) is 11.9 Å². The Morgan fingerprint density at radius 1 is 1.04 bits per heavy atom. The number of rotatable bonds is 5. The maximum absolute atomic E-state index is 11.8. The second kappa shape index (κ2) is 7.31. The summed E-state index contributed by atoms with van der Waals surface area (Å²) in [6, 6.07) is 11.5. The molecule has 0 saturated carbocycles. The second-order valence-electron chi connectivity index (χ2n) is 5.02. The normalized spacial score (nSPS) is 10.6. The number of aromatic nitrogens is 3. The molecular formula is C16H14BrN5O3. The number of ether oxygens (including phenoxy) is 2. The molecule has 0 fully saturated rings. The molecule has 128 valence electrons. The van der Waals surface area contributed by atoms with Gasteiger partial charge < -0.3 is 20.9 Å². The molecule has 0 aliphatic carbocycles. The van der Waals surface area contributed by atoms with Crippen LogP contribution in [0.2, 0.25) is 0 Å². The number of benzene rings is 2. The van der Waals surface area contributed by atoms with Gasteiger partial charge in [0.05, 0.1) is 4.47 Å². The molecule has 1 aromatic heterocycles. The summed E-state index contributed by atoms with van der Waals surface area (Å²) >= 11 is 3.49. The summed E-state index contributed by atoms with van der Waals surface area (Å²) in [6.07, 6.45) is 0. The fourth-order valence-electron chi connectivity index (χ4n) is 2.17. The molecule has 25 heavy (non-hydrogen) atoms. The third kappa shape index (κ3) is 4.13. The van der Waals surface area contributed by atoms with E-state index in [2.05, 4.69) is 30.9 Å². The number of hydrogen-bond donors (Lipinski definition) is 2. The van der Waals surface area contributed by atoms with Crippen LogP contribution in [0.5, 0.6) is 5.75 Å². The van der Waals surface area contributed by atoms with Gasteiger partial charge in [-0.3, -0.25) is 0 Å². The third-order valence-electron chi connectivity index (χ3n) is 3.25. The Morgan fingerprint density at radius 3 is 2.52 bits per heavy atom. The zero-order valence-corrected chi connectivity index (χ0v) is 14.6. The molecule has 1 heterocycles. The minimum Gasteiger partial charge on any atom is -0.481 e. The molecule has 3 rings (SSSR count). The van der Waals surface area contributed by atoms with E-state index in [4.69, 9.17) is 20.9 Å². The van der Waals surface area contributed by atoms with Crippen molar-refractivity contribution in [1.29, 1.82) is 0 Å². The van der Waals surface area contributed by atoms with Gasteiger partial charge in [0, 0.05) is 0 Å². The number of halogens is 1. The number of esters is 1. The van der Waals surface area contributed by atoms with E-state index in [9.17, 15) is 4.79 Å². The van der Waals surface area contributed by atoms with Gasteiger partial charge in [-0.1, -0.05) is 30.3 Å². The van der Waals surface area contributed by atoms with E-state index in [0.717, 1.165) is 15.2 Å². The van der Waals surface area contributed by atoms with Crippen molar-refractivity contribution in [3.05, 3.63) is 46.7 Å². The summed E-state index contributed by atoms with van der Waals surface area (Å²) in [6.45, 7) is -0.426. The summed E-state index contributed by atoms with van der Waals surface area (Å²) in [5.41, 5.74) is 10.9. The molecule has 9 heteroatoms. The van der Waals surface area contributed by atoms with E-state index in [0.29, 0.717) is 5.75 Å². The van der Waals surface area contributed by atoms with Crippen LogP contribution >= 0.6 is 15.9 Å². The first-order chi connectivity index (χ1) is 12.0. The Kier molecular flexibility index (Phi) is 4.94. The molecule has 0 unspecified atom stereocenters. The molecule has 0 aliphatic rings. The van der Waals surface area contributed by atoms with Crippen LogP contribution in [0.3, 0.4) is 0 Å². The smallest absolute Gasteiger partial charge is 0.344 e. The summed E-state index contributed by atoms with van der Waals surface area (Å²) in [4.78, 5) is 23.1. The van der Waals surface area contributed by atoms with Crippen LogP contribution in [0.4, 0.5) is 11.9 Å². The van der Waals surface area contributed by atoms with Crippen LogP contribution in [0.15, 0.2) is 40.9 Å². The van der Waals surface area contributed by atoms with E-state index >= 15 is 0 Å². The topological polar surface area (TPSA) is 126 Å². The number of carbonyl (C=O) groups is 1. The predicted molar refractivity (Wildman–Crippen MR) is 95.6 cm³/mol. The maximum Gasteiger partial charge on any atom is 0.344 e. The van der Waals surface area contributed by atoms with Gasteiger partial charge in [0.1, 0.15) is 5.75 Å². The van der Waals surface area contributed by atoms with Gasteiger partial charge in [-0.15, -0.1) is 0 Å². The number of nitrogen functional groups attached to an aromatic ring is 2. The second-order valence-corrected chi connectivity index (χ2v) is 5.81. The zero-order valence-electron chi connectivity index (χ0n) is 13.0. The monoisotopic (exact) mass is 403 g/mol. The number of carbonyl (C=O) groups excluding carboxylic acids is 1. The molecule has 0 atom stereocenters. The van der Waals surface area contributed by atoms with Crippen molar-refractivity contribution >= 4 is 44.6 Å². The molecule has 4 N–H and O–H groups in total. The minimum absolute atomic E-state index is 0.0325. The Labute approximate surface area is 151 Å². The number of hydrogen-bond acceptors (Lipinski definition) is 8. The molecule has 0 radical (unpaired) electrons. The Bertz CT molecular complexity index is 915. The highest BCUT2D eigenvalue weighted by atomic mass is 79.9. The van der Waals surface area contributed by atoms with Gasteiger partial charge in [0.15, 0.2) is 19.0 Å². The molecule has 8 nitrogen and oxygen atoms in total. The zero-order chi connectivity index (χ0) is 17.8. The summed E-state index contributed by atoms with van der Waals surface area (Å²) in [7, 11) is 0. The number of nitrogens with two attached hydrogens (primary N) is 2. The Hall–Kier alpha value is -2.94. The van der Waals surface area contributed by atoms with Gasteiger partial charge in [0.25, 0.3) is 0 Å². The largest absolute Gasteiger partial charge is 0.481 e. The first-order valence-electron chi connectivity index (χ1n) is 7.24. The SMILES string of the molecule is Nc1nc(N)nc(COC(=O)COc2ccc3ccccc3c2Br)n1. The maximum atomic E-state index is 11.8. The van der Waals surface area contributed by atoms with E-state index in [1.165, 1.54) is 0 Å². The first-order valence-corrected chi connectivity index (χ1v) is 8.04. The quantitative estimate of drug-likeness (QED) is 0.619. The van der Waals surface area contributed by atoms with Crippen molar-refractivity contribution in [2.45, 2.75) is 6.61 Å². The van der Waals surface area contributed by atoms with Crippen LogP contribution in [-0.2, 0) is 16.1 Å². The van der Waals surface area contributed by atoms with Gasteiger partial charge in [-0.05, 0) is 32.8 Å². The lowest BCUT2D eigenvalue weighted by Crippen LogP contribution is -2.16. The molecule has 0 aliphatic heterocycles. The average Bonchev–Trinajstić information content (AvgIpc) is 2.59. The van der Waals surface area contributed by atoms with Crippen LogP contribution in [0.1, 0.15) is 5.82 Å². The molecule has 0 spiro atoms. The highest BCUT2D eigenvalue weighted by Gasteiger charge is 2.11. The van der Waals surface area contributed by atoms with Gasteiger partial charge >= 0.3 is 5.97 Å². The molecule has 0 bridgehead atoms. The van der Waals surface area contributed by atoms with Crippen molar-refractivity contribution in [3.8, 4) is 5.75 Å². The predicted octanol–water partition coefficient (Wildman–Crippen LogP) is 2.07. The van der Waals surface area contributed by atoms with E-state index in [-0.39, 0.29) is 30.9 Å². The Balaban J connectivity index is 1.60. The summed E-state index contributed by atoms with van der Waals surface area (Å²) < 4.78 is 11.3. The Morgan fingerprint density at radius 2 is 1.76 bits per heavy atom. The highest BCUT2D eigenvalue weighted by molar-refractivity contribution is 9.10. The molecule has 0 amide bonds. The lowest BCUT2D eigenvalue weighted by atomic mass is 10.1. The van der Waals surface area contributed by atoms with Gasteiger partial charge in [-0.25, -0.2) is 4.79 Å². The number of fused-ring (bicyclic) bond motifs is 1. The minimum atomic E-state index is -0.572. The van der Waals surface area contributed by atoms with E-state index < -0.39 is 5.97 Å². The number of nitrogens with zero attached hydrogens (tertiary/aromatic N) is 3. The van der Waals surface area contributed by atoms with E-state index in [1.54, 1.807) is 6.07 Å². The van der Waals surface area contributed by atoms with Crippen LogP contribution < -0.4 is 16.2 Å². The van der Waals surface area contributed by atoms with Crippen LogP contribution in [0, 0.1) is 0 Å². The molecule has 0 saturated heterocycles. The van der Waals surface area contributed by atoms with Crippen molar-refractivity contribution in [2.24, 2.45) is 0 Å². The van der Waals surface area contributed by atoms with E-state index in [1.807, 2.05) is 30.3 Å². The van der Waals surface area contributed by atoms with Crippen LogP contribution in [0.25, 0.3) is 10.8 Å². The standard InChI is InChI=1S/C16H14BrN5O3/c17-14-10-4-2-1-3-9(10)5-6-11(14)24-8-13(23)25-7-12-20-15(18)22-16(19)21-12/h1-6H,7-8H2,(H4,18,19,20,21,22). The molecule has 2 aromatic carbocycles. The number of anilines is 2. The fourth-order valence-corrected chi connectivity index (χ4v) is 2.78. The lowest BCUT2D eigenvalue weighted by molar-refractivity contribution is -0.147. The van der Waals surface area contributed by atoms with Crippen LogP contribution in [-0.4, -0.2) is 27.5 Å². The van der Waals surface area contributed by atoms with Crippen molar-refractivity contribution < 1.29 is 14.3 Å². The first kappa shape index (κ1) is 16.9. The van der Waals surface area contributed by atoms with Gasteiger partial charge in [-0.2, -0.15) is 15.0 Å². The summed E-state index contributed by atoms with van der Waals surface area (Å²) in [5.74, 6) is 0.0805. The summed E-state index contributed by atoms with van der Waals surface area (Å²) in [5, 5.41) is 2.05. The molecule has 3 aromatic rings. The third-order valence-corrected chi connectivity index (χ3v) is 4.07. The van der Waals surface area contributed by atoms with Crippen molar-refractivity contribution in [1.82, 2.24) is 15.0 Å². The average molecular weight is 404 g/mol. The highest BCUT2D eigenvalue weighted by Crippen LogP contribution is 2.32. The fraction of sp³-hybridized carbons (Fsp3) is 0.125. The van der Waals surface area contributed by atoms with Crippen molar-refractivity contribution in [2.75, 3.05) is 18.1 Å².